The third-order valence-electron chi connectivity index (χ3n) is 5.60. The first-order valence-electron chi connectivity index (χ1n) is 8.37. The lowest BCUT2D eigenvalue weighted by atomic mass is 9.69. The molecule has 3 heteroatoms. The van der Waals surface area contributed by atoms with Crippen LogP contribution in [0.4, 0.5) is 0 Å². The number of nitrogens with zero attached hydrogens (tertiary/aromatic N) is 1. The number of benzene rings is 1. The third-order valence-corrected chi connectivity index (χ3v) is 5.60. The van der Waals surface area contributed by atoms with Crippen molar-refractivity contribution in [3.8, 4) is 5.75 Å². The Kier molecular flexibility index (Phi) is 5.79. The van der Waals surface area contributed by atoms with E-state index in [-0.39, 0.29) is 12.4 Å². The molecule has 0 radical (unpaired) electrons. The summed E-state index contributed by atoms with van der Waals surface area (Å²) in [6, 6.07) is 6.81. The Bertz CT molecular complexity index is 502. The lowest BCUT2D eigenvalue weighted by Gasteiger charge is -2.39. The molecule has 0 N–H and O–H groups in total. The Hall–Kier alpha value is -0.730. The molecule has 1 aromatic carbocycles. The second-order valence-electron chi connectivity index (χ2n) is 7.49. The van der Waals surface area contributed by atoms with Crippen molar-refractivity contribution in [3.05, 3.63) is 29.3 Å². The summed E-state index contributed by atoms with van der Waals surface area (Å²) in [6.07, 6.45) is 5.75. The van der Waals surface area contributed by atoms with Gasteiger partial charge in [-0.1, -0.05) is 12.5 Å². The van der Waals surface area contributed by atoms with E-state index in [2.05, 4.69) is 44.1 Å². The smallest absolute Gasteiger partial charge is 0.119 e. The number of halogens is 1. The summed E-state index contributed by atoms with van der Waals surface area (Å²) >= 11 is 0. The highest BCUT2D eigenvalue weighted by Crippen LogP contribution is 2.52. The zero-order chi connectivity index (χ0) is 15.0. The van der Waals surface area contributed by atoms with Gasteiger partial charge in [0.2, 0.25) is 0 Å². The molecule has 1 aromatic rings. The fraction of sp³-hybridized carbons (Fsp3) is 0.684. The third kappa shape index (κ3) is 3.60. The number of hydrogen-bond donors (Lipinski definition) is 0. The van der Waals surface area contributed by atoms with E-state index in [1.807, 2.05) is 0 Å². The maximum atomic E-state index is 5.50. The summed E-state index contributed by atoms with van der Waals surface area (Å²) in [7, 11) is 6.21. The van der Waals surface area contributed by atoms with E-state index in [9.17, 15) is 0 Å². The highest BCUT2D eigenvalue weighted by atomic mass is 35.5. The van der Waals surface area contributed by atoms with Crippen LogP contribution in [0.1, 0.15) is 42.7 Å². The highest BCUT2D eigenvalue weighted by Gasteiger charge is 2.42. The van der Waals surface area contributed by atoms with Crippen molar-refractivity contribution in [1.29, 1.82) is 0 Å². The number of methoxy groups -OCH3 is 1. The molecule has 4 atom stereocenters. The van der Waals surface area contributed by atoms with Gasteiger partial charge in [0, 0.05) is 6.54 Å². The van der Waals surface area contributed by atoms with Gasteiger partial charge in [0.1, 0.15) is 5.75 Å². The highest BCUT2D eigenvalue weighted by molar-refractivity contribution is 5.85. The molecule has 22 heavy (non-hydrogen) atoms. The molecule has 0 saturated heterocycles. The van der Waals surface area contributed by atoms with Gasteiger partial charge in [-0.15, -0.1) is 12.4 Å². The average molecular weight is 324 g/mol. The maximum Gasteiger partial charge on any atom is 0.119 e. The topological polar surface area (TPSA) is 12.5 Å². The van der Waals surface area contributed by atoms with E-state index in [4.69, 9.17) is 4.74 Å². The quantitative estimate of drug-likeness (QED) is 0.808. The van der Waals surface area contributed by atoms with Gasteiger partial charge in [-0.05, 0) is 87.2 Å². The minimum Gasteiger partial charge on any atom is -0.497 e. The van der Waals surface area contributed by atoms with E-state index in [1.54, 1.807) is 7.11 Å². The summed E-state index contributed by atoms with van der Waals surface area (Å²) in [5.41, 5.74) is 2.83. The predicted octanol–water partition coefficient (Wildman–Crippen LogP) is 4.51. The van der Waals surface area contributed by atoms with Gasteiger partial charge in [0.15, 0.2) is 0 Å². The molecule has 2 aliphatic rings. The number of fused-ring (bicyclic) bond motifs is 2. The molecule has 0 aromatic heterocycles. The van der Waals surface area contributed by atoms with Crippen molar-refractivity contribution >= 4 is 12.4 Å². The molecule has 0 aliphatic heterocycles. The van der Waals surface area contributed by atoms with Crippen LogP contribution in [0.2, 0.25) is 0 Å². The van der Waals surface area contributed by atoms with Crippen molar-refractivity contribution in [1.82, 2.24) is 4.90 Å². The van der Waals surface area contributed by atoms with Crippen molar-refractivity contribution in [3.63, 3.8) is 0 Å². The summed E-state index contributed by atoms with van der Waals surface area (Å²) in [4.78, 5) is 2.38. The van der Waals surface area contributed by atoms with Crippen LogP contribution in [0.15, 0.2) is 18.2 Å². The molecule has 2 nitrogen and oxygen atoms in total. The van der Waals surface area contributed by atoms with Gasteiger partial charge in [-0.25, -0.2) is 0 Å². The Morgan fingerprint density at radius 2 is 1.91 bits per heavy atom. The molecule has 2 bridgehead atoms. The number of aryl methyl sites for hydroxylation is 1. The zero-order valence-electron chi connectivity index (χ0n) is 14.3. The van der Waals surface area contributed by atoms with Crippen LogP contribution in [0.5, 0.6) is 5.75 Å². The van der Waals surface area contributed by atoms with Gasteiger partial charge in [-0.2, -0.15) is 0 Å². The van der Waals surface area contributed by atoms with Crippen LogP contribution < -0.4 is 4.74 Å². The second-order valence-corrected chi connectivity index (χ2v) is 7.49. The Morgan fingerprint density at radius 1 is 1.14 bits per heavy atom. The molecule has 0 heterocycles. The molecule has 0 amide bonds. The van der Waals surface area contributed by atoms with Crippen LogP contribution in [0.3, 0.4) is 0 Å². The van der Waals surface area contributed by atoms with Crippen molar-refractivity contribution in [2.45, 2.75) is 38.5 Å². The van der Waals surface area contributed by atoms with E-state index >= 15 is 0 Å². The molecule has 124 valence electrons. The van der Waals surface area contributed by atoms with Crippen LogP contribution in [0.25, 0.3) is 0 Å². The number of hydrogen-bond acceptors (Lipinski definition) is 2. The Labute approximate surface area is 141 Å². The first kappa shape index (κ1) is 17.6. The molecule has 2 aliphatic carbocycles. The lowest BCUT2D eigenvalue weighted by Crippen LogP contribution is -2.34. The van der Waals surface area contributed by atoms with Gasteiger partial charge >= 0.3 is 0 Å². The monoisotopic (exact) mass is 323 g/mol. The van der Waals surface area contributed by atoms with E-state index < -0.39 is 0 Å². The van der Waals surface area contributed by atoms with Gasteiger partial charge in [0.25, 0.3) is 0 Å². The molecule has 4 unspecified atom stereocenters. The largest absolute Gasteiger partial charge is 0.497 e. The summed E-state index contributed by atoms with van der Waals surface area (Å²) in [5.74, 6) is 4.44. The van der Waals surface area contributed by atoms with Gasteiger partial charge in [-0.3, -0.25) is 0 Å². The van der Waals surface area contributed by atoms with Crippen molar-refractivity contribution in [2.75, 3.05) is 27.7 Å². The summed E-state index contributed by atoms with van der Waals surface area (Å²) in [6.45, 7) is 3.41. The van der Waals surface area contributed by atoms with Gasteiger partial charge in [0.05, 0.1) is 7.11 Å². The molecular weight excluding hydrogens is 294 g/mol. The van der Waals surface area contributed by atoms with E-state index in [0.717, 1.165) is 23.5 Å². The van der Waals surface area contributed by atoms with E-state index in [1.165, 1.54) is 43.4 Å². The van der Waals surface area contributed by atoms with Crippen LogP contribution >= 0.6 is 12.4 Å². The standard InChI is InChI=1S/C19H29NO.ClH/c1-13-7-16(11-17(8-13)21-4)18-10-14-5-6-15(9-14)19(18)12-20(2)3;/h7-8,11,14-15,18-19H,5-6,9-10,12H2,1-4H3;1H. The van der Waals surface area contributed by atoms with E-state index in [0.29, 0.717) is 5.92 Å². The number of ether oxygens (including phenoxy) is 1. The summed E-state index contributed by atoms with van der Waals surface area (Å²) in [5, 5.41) is 0. The fourth-order valence-corrected chi connectivity index (χ4v) is 4.77. The Balaban J connectivity index is 0.00000176. The second kappa shape index (κ2) is 7.23. The van der Waals surface area contributed by atoms with Crippen LogP contribution in [0, 0.1) is 24.7 Å². The molecule has 2 saturated carbocycles. The first-order chi connectivity index (χ1) is 10.1. The molecule has 0 spiro atoms. The number of rotatable bonds is 4. The molecular formula is C19H30ClNO. The predicted molar refractivity (Wildman–Crippen MR) is 95.2 cm³/mol. The fourth-order valence-electron chi connectivity index (χ4n) is 4.77. The Morgan fingerprint density at radius 3 is 2.59 bits per heavy atom. The minimum absolute atomic E-state index is 0. The molecule has 2 fully saturated rings. The van der Waals surface area contributed by atoms with Gasteiger partial charge < -0.3 is 9.64 Å². The van der Waals surface area contributed by atoms with Crippen LogP contribution in [-0.2, 0) is 0 Å². The lowest BCUT2D eigenvalue weighted by molar-refractivity contribution is 0.165. The van der Waals surface area contributed by atoms with Crippen molar-refractivity contribution in [2.24, 2.45) is 17.8 Å². The normalized spacial score (nSPS) is 30.2. The average Bonchev–Trinajstić information content (AvgIpc) is 2.83. The summed E-state index contributed by atoms with van der Waals surface area (Å²) < 4.78 is 5.50. The maximum absolute atomic E-state index is 5.50. The zero-order valence-corrected chi connectivity index (χ0v) is 15.2. The SMILES string of the molecule is COc1cc(C)cc(C2CC3CCC(C3)C2CN(C)C)c1.Cl. The van der Waals surface area contributed by atoms with Crippen molar-refractivity contribution < 1.29 is 4.74 Å². The first-order valence-corrected chi connectivity index (χ1v) is 8.37. The van der Waals surface area contributed by atoms with Crippen LogP contribution in [-0.4, -0.2) is 32.6 Å². The molecule has 3 rings (SSSR count). The minimum atomic E-state index is 0.